The van der Waals surface area contributed by atoms with E-state index in [-0.39, 0.29) is 0 Å². The molecule has 1 aliphatic heterocycles. The Morgan fingerprint density at radius 3 is 1.37 bits per heavy atom. The van der Waals surface area contributed by atoms with Crippen molar-refractivity contribution in [1.29, 1.82) is 0 Å². The zero-order valence-corrected chi connectivity index (χ0v) is 26.6. The summed E-state index contributed by atoms with van der Waals surface area (Å²) in [4.78, 5) is 2.79. The van der Waals surface area contributed by atoms with Crippen LogP contribution in [0.5, 0.6) is 0 Å². The van der Waals surface area contributed by atoms with Crippen LogP contribution in [0.25, 0.3) is 16.9 Å². The fourth-order valence-corrected chi connectivity index (χ4v) is 5.73. The fourth-order valence-electron chi connectivity index (χ4n) is 4.96. The molecule has 2 aromatic carbocycles. The van der Waals surface area contributed by atoms with Crippen molar-refractivity contribution in [3.8, 4) is 0 Å². The Balaban J connectivity index is 0.000000926. The van der Waals surface area contributed by atoms with Gasteiger partial charge in [-0.2, -0.15) is 0 Å². The molecule has 0 N–H and O–H groups in total. The molecular weight excluding hydrogens is 555 g/mol. The summed E-state index contributed by atoms with van der Waals surface area (Å²) < 4.78 is 1.50. The predicted octanol–water partition coefficient (Wildman–Crippen LogP) is 11.5. The molecule has 0 bridgehead atoms. The molecular formula is C35H52N2Pd. The van der Waals surface area contributed by atoms with E-state index >= 15 is 0 Å². The SMILES string of the molecule is CCCCCc1ccc(C2=C(CCCC)C(CCCC)=C(c3ccc(CC)cc3)[N+]2=[N-])cc1.C[CH2][Pd][CH2]C. The first-order valence-corrected chi connectivity index (χ1v) is 17.3. The first kappa shape index (κ1) is 32.4. The third-order valence-corrected chi connectivity index (χ3v) is 8.72. The number of aryl methyl sites for hydroxylation is 2. The van der Waals surface area contributed by atoms with E-state index in [1.165, 1.54) is 56.0 Å². The second kappa shape index (κ2) is 18.5. The fraction of sp³-hybridized carbons (Fsp3) is 0.543. The molecule has 0 saturated heterocycles. The van der Waals surface area contributed by atoms with Crippen LogP contribution < -0.4 is 0 Å². The number of rotatable bonds is 15. The average Bonchev–Trinajstić information content (AvgIpc) is 3.22. The quantitative estimate of drug-likeness (QED) is 0.109. The maximum absolute atomic E-state index is 11.6. The minimum absolute atomic E-state index is 0.985. The van der Waals surface area contributed by atoms with Gasteiger partial charge in [-0.15, -0.1) is 0 Å². The van der Waals surface area contributed by atoms with Gasteiger partial charge >= 0.3 is 41.6 Å². The summed E-state index contributed by atoms with van der Waals surface area (Å²) in [5.41, 5.74) is 21.2. The topological polar surface area (TPSA) is 25.3 Å². The third kappa shape index (κ3) is 9.43. The van der Waals surface area contributed by atoms with Gasteiger partial charge in [0.2, 0.25) is 11.4 Å². The van der Waals surface area contributed by atoms with E-state index in [2.05, 4.69) is 90.1 Å². The molecule has 3 heteroatoms. The van der Waals surface area contributed by atoms with Gasteiger partial charge < -0.3 is 5.53 Å². The molecule has 0 aliphatic carbocycles. The van der Waals surface area contributed by atoms with Gasteiger partial charge in [-0.3, -0.25) is 0 Å². The average molecular weight is 607 g/mol. The normalized spacial score (nSPS) is 13.4. The van der Waals surface area contributed by atoms with E-state index < -0.39 is 0 Å². The summed E-state index contributed by atoms with van der Waals surface area (Å²) in [6.45, 7) is 13.4. The molecule has 3 rings (SSSR count). The molecule has 2 aromatic rings. The van der Waals surface area contributed by atoms with E-state index in [9.17, 15) is 5.53 Å². The Morgan fingerprint density at radius 1 is 0.553 bits per heavy atom. The number of hydrogen-bond acceptors (Lipinski definition) is 0. The van der Waals surface area contributed by atoms with Gasteiger partial charge in [-0.05, 0) is 80.3 Å². The Morgan fingerprint density at radius 2 is 1.00 bits per heavy atom. The van der Waals surface area contributed by atoms with Crippen molar-refractivity contribution < 1.29 is 22.7 Å². The van der Waals surface area contributed by atoms with Gasteiger partial charge in [0.15, 0.2) is 0 Å². The summed E-state index contributed by atoms with van der Waals surface area (Å²) in [6, 6.07) is 17.7. The van der Waals surface area contributed by atoms with Crippen molar-refractivity contribution in [2.75, 3.05) is 0 Å². The van der Waals surface area contributed by atoms with Crippen LogP contribution in [0.15, 0.2) is 59.7 Å². The molecule has 0 amide bonds. The summed E-state index contributed by atoms with van der Waals surface area (Å²) in [6.07, 6.45) is 12.5. The van der Waals surface area contributed by atoms with Crippen LogP contribution in [0.2, 0.25) is 9.79 Å². The molecule has 0 aromatic heterocycles. The summed E-state index contributed by atoms with van der Waals surface area (Å²) in [7, 11) is 0. The summed E-state index contributed by atoms with van der Waals surface area (Å²) in [5, 5.41) is 0. The van der Waals surface area contributed by atoms with Crippen molar-refractivity contribution >= 4 is 11.4 Å². The maximum atomic E-state index is 11.6. The van der Waals surface area contributed by atoms with Crippen LogP contribution >= 0.6 is 0 Å². The Kier molecular flexibility index (Phi) is 15.7. The van der Waals surface area contributed by atoms with Crippen LogP contribution in [-0.4, -0.2) is 4.70 Å². The Labute approximate surface area is 242 Å². The van der Waals surface area contributed by atoms with Crippen molar-refractivity contribution in [2.24, 2.45) is 0 Å². The van der Waals surface area contributed by atoms with E-state index in [1.54, 1.807) is 0 Å². The molecule has 2 nitrogen and oxygen atoms in total. The van der Waals surface area contributed by atoms with Gasteiger partial charge in [-0.25, -0.2) is 4.70 Å². The summed E-state index contributed by atoms with van der Waals surface area (Å²) >= 11 is 1.04. The molecule has 0 fully saturated rings. The van der Waals surface area contributed by atoms with E-state index in [4.69, 9.17) is 0 Å². The van der Waals surface area contributed by atoms with Gasteiger partial charge in [0.1, 0.15) is 0 Å². The molecule has 212 valence electrons. The monoisotopic (exact) mass is 606 g/mol. The van der Waals surface area contributed by atoms with Gasteiger partial charge in [-0.1, -0.05) is 77.6 Å². The van der Waals surface area contributed by atoms with Gasteiger partial charge in [0.25, 0.3) is 0 Å². The van der Waals surface area contributed by atoms with Crippen molar-refractivity contribution in [1.82, 2.24) is 0 Å². The van der Waals surface area contributed by atoms with Crippen LogP contribution in [0, 0.1) is 0 Å². The first-order chi connectivity index (χ1) is 18.6. The van der Waals surface area contributed by atoms with Gasteiger partial charge in [0.05, 0.1) is 0 Å². The van der Waals surface area contributed by atoms with E-state index in [1.807, 2.05) is 0 Å². The summed E-state index contributed by atoms with van der Waals surface area (Å²) in [5.74, 6) is 0. The molecule has 0 spiro atoms. The predicted molar refractivity (Wildman–Crippen MR) is 163 cm³/mol. The van der Waals surface area contributed by atoms with Gasteiger partial charge in [0, 0.05) is 22.3 Å². The Bertz CT molecular complexity index is 1030. The molecule has 0 radical (unpaired) electrons. The second-order valence-electron chi connectivity index (χ2n) is 9.98. The third-order valence-electron chi connectivity index (χ3n) is 7.17. The van der Waals surface area contributed by atoms with Crippen LogP contribution in [-0.2, 0) is 30.8 Å². The van der Waals surface area contributed by atoms with Crippen molar-refractivity contribution in [3.05, 3.63) is 87.5 Å². The molecule has 1 aliphatic rings. The standard InChI is InChI=1S/C31H42N2.2C2H5.Pd/c1-5-9-12-13-25-18-22-27(23-19-25)31-29(15-11-7-3)28(14-10-6-2)30(33(31)32)26-20-16-24(8-4)17-21-26;2*1-2;/h16-23H,5-15H2,1-4H3;2*1H2,2H3;. The van der Waals surface area contributed by atoms with E-state index in [0.717, 1.165) is 91.9 Å². The molecule has 0 saturated carbocycles. The van der Waals surface area contributed by atoms with Crippen LogP contribution in [0.4, 0.5) is 0 Å². The molecule has 0 unspecified atom stereocenters. The zero-order valence-electron chi connectivity index (χ0n) is 25.0. The zero-order chi connectivity index (χ0) is 27.8. The molecule has 38 heavy (non-hydrogen) atoms. The van der Waals surface area contributed by atoms with Crippen LogP contribution in [0.1, 0.15) is 122 Å². The number of nitrogens with zero attached hydrogens (tertiary/aromatic N) is 2. The minimum atomic E-state index is 0.985. The molecule has 0 atom stereocenters. The number of hydrogen-bond donors (Lipinski definition) is 0. The van der Waals surface area contributed by atoms with Crippen LogP contribution in [0.3, 0.4) is 0 Å². The Hall–Kier alpha value is -1.82. The number of benzene rings is 2. The van der Waals surface area contributed by atoms with Crippen molar-refractivity contribution in [2.45, 2.75) is 122 Å². The number of unbranched alkanes of at least 4 members (excludes halogenated alkanes) is 4. The second-order valence-corrected chi connectivity index (χ2v) is 13.0. The van der Waals surface area contributed by atoms with E-state index in [0.29, 0.717) is 0 Å². The van der Waals surface area contributed by atoms with Crippen molar-refractivity contribution in [3.63, 3.8) is 0 Å². The first-order valence-electron chi connectivity index (χ1n) is 15.1. The number of allylic oxidation sites excluding steroid dienone is 2. The molecule has 1 heterocycles.